The van der Waals surface area contributed by atoms with E-state index >= 15 is 0 Å². The summed E-state index contributed by atoms with van der Waals surface area (Å²) in [5.41, 5.74) is 0.437. The van der Waals surface area contributed by atoms with Gasteiger partial charge in [-0.3, -0.25) is 34.4 Å². The van der Waals surface area contributed by atoms with Crippen LogP contribution < -0.4 is 19.4 Å². The predicted octanol–water partition coefficient (Wildman–Crippen LogP) is 5.07. The molecule has 3 heterocycles. The van der Waals surface area contributed by atoms with E-state index in [0.717, 1.165) is 12.1 Å². The van der Waals surface area contributed by atoms with Crippen LogP contribution in [0.1, 0.15) is 18.1 Å². The zero-order valence-electron chi connectivity index (χ0n) is 23.6. The Kier molecular flexibility index (Phi) is 7.66. The number of benzene rings is 3. The second kappa shape index (κ2) is 11.3. The molecule has 1 spiro atoms. The number of alkyl halides is 3. The topological polar surface area (TPSA) is 99.5 Å². The zero-order chi connectivity index (χ0) is 31.2. The summed E-state index contributed by atoms with van der Waals surface area (Å²) in [5, 5.41) is 11.6. The van der Waals surface area contributed by atoms with Crippen LogP contribution in [0.5, 0.6) is 5.75 Å². The second-order valence-electron chi connectivity index (χ2n) is 10.5. The van der Waals surface area contributed by atoms with E-state index in [0.29, 0.717) is 61.5 Å². The van der Waals surface area contributed by atoms with Crippen LogP contribution in [0.4, 0.5) is 35.9 Å². The molecule has 0 aliphatic carbocycles. The van der Waals surface area contributed by atoms with Gasteiger partial charge in [-0.25, -0.2) is 0 Å². The lowest BCUT2D eigenvalue weighted by Gasteiger charge is -2.38. The van der Waals surface area contributed by atoms with Crippen molar-refractivity contribution in [2.24, 2.45) is 0 Å². The molecule has 0 aromatic heterocycles. The molecule has 3 aliphatic rings. The molecular weight excluding hydrogens is 599 g/mol. The van der Waals surface area contributed by atoms with E-state index in [1.165, 1.54) is 11.8 Å². The van der Waals surface area contributed by atoms with Gasteiger partial charge >= 0.3 is 6.18 Å². The summed E-state index contributed by atoms with van der Waals surface area (Å²) >= 11 is 1.28. The number of hydrogen-bond donors (Lipinski definition) is 0. The minimum Gasteiger partial charge on any atom is -0.494 e. The van der Waals surface area contributed by atoms with Crippen molar-refractivity contribution in [3.8, 4) is 5.75 Å². The molecule has 2 saturated heterocycles. The van der Waals surface area contributed by atoms with E-state index in [1.807, 2.05) is 36.1 Å². The van der Waals surface area contributed by atoms with Gasteiger partial charge in [0.1, 0.15) is 11.4 Å². The Labute approximate surface area is 255 Å². The van der Waals surface area contributed by atoms with E-state index < -0.39 is 27.2 Å². The SMILES string of the molecule is CCOc1ccc(N2C(=O)CS[C@@]23C(=O)N(CN2CCN(c4ccc(C(F)(F)F)cc4[N+](=O)[O-])CC2)c2ccccc23)cc1. The number of anilines is 3. The molecule has 0 saturated carbocycles. The Bertz CT molecular complexity index is 1610. The van der Waals surface area contributed by atoms with Crippen molar-refractivity contribution in [1.29, 1.82) is 0 Å². The van der Waals surface area contributed by atoms with Gasteiger partial charge in [0.25, 0.3) is 11.6 Å². The number of piperazine rings is 1. The predicted molar refractivity (Wildman–Crippen MR) is 160 cm³/mol. The van der Waals surface area contributed by atoms with Crippen molar-refractivity contribution in [1.82, 2.24) is 4.90 Å². The molecule has 0 bridgehead atoms. The van der Waals surface area contributed by atoms with Crippen molar-refractivity contribution < 1.29 is 32.4 Å². The highest BCUT2D eigenvalue weighted by atomic mass is 32.2. The van der Waals surface area contributed by atoms with E-state index in [-0.39, 0.29) is 29.9 Å². The molecule has 3 aliphatic heterocycles. The summed E-state index contributed by atoms with van der Waals surface area (Å²) in [6.45, 7) is 4.03. The number of rotatable bonds is 7. The van der Waals surface area contributed by atoms with Crippen LogP contribution in [0.3, 0.4) is 0 Å². The first kappa shape index (κ1) is 29.8. The van der Waals surface area contributed by atoms with Gasteiger partial charge in [-0.15, -0.1) is 11.8 Å². The molecule has 14 heteroatoms. The molecule has 230 valence electrons. The third-order valence-corrected chi connectivity index (χ3v) is 9.41. The van der Waals surface area contributed by atoms with Crippen LogP contribution in [0, 0.1) is 10.1 Å². The van der Waals surface area contributed by atoms with Gasteiger partial charge in [-0.2, -0.15) is 13.2 Å². The fourth-order valence-electron chi connectivity index (χ4n) is 6.00. The normalized spacial score (nSPS) is 20.5. The number of nitro benzene ring substituents is 1. The molecule has 44 heavy (non-hydrogen) atoms. The van der Waals surface area contributed by atoms with Gasteiger partial charge in [0.15, 0.2) is 0 Å². The average Bonchev–Trinajstić information content (AvgIpc) is 3.47. The highest BCUT2D eigenvalue weighted by Crippen LogP contribution is 2.55. The van der Waals surface area contributed by atoms with Crippen molar-refractivity contribution in [2.45, 2.75) is 18.0 Å². The number of para-hydroxylation sites is 1. The minimum atomic E-state index is -4.69. The molecule has 0 N–H and O–H groups in total. The Morgan fingerprint density at radius 3 is 2.34 bits per heavy atom. The largest absolute Gasteiger partial charge is 0.494 e. The summed E-state index contributed by atoms with van der Waals surface area (Å²) in [7, 11) is 0. The molecule has 10 nitrogen and oxygen atoms in total. The molecule has 6 rings (SSSR count). The van der Waals surface area contributed by atoms with Crippen molar-refractivity contribution in [2.75, 3.05) is 59.9 Å². The molecule has 0 radical (unpaired) electrons. The maximum atomic E-state index is 14.4. The van der Waals surface area contributed by atoms with Crippen molar-refractivity contribution >= 4 is 46.3 Å². The summed E-state index contributed by atoms with van der Waals surface area (Å²) < 4.78 is 45.1. The first-order valence-corrected chi connectivity index (χ1v) is 15.0. The van der Waals surface area contributed by atoms with Crippen LogP contribution in [-0.4, -0.2) is 66.8 Å². The van der Waals surface area contributed by atoms with Gasteiger partial charge in [0, 0.05) is 43.5 Å². The smallest absolute Gasteiger partial charge is 0.416 e. The quantitative estimate of drug-likeness (QED) is 0.265. The number of halogens is 3. The van der Waals surface area contributed by atoms with Crippen LogP contribution >= 0.6 is 11.8 Å². The number of nitrogens with zero attached hydrogens (tertiary/aromatic N) is 5. The number of hydrogen-bond acceptors (Lipinski definition) is 8. The van der Waals surface area contributed by atoms with E-state index in [9.17, 15) is 32.9 Å². The summed E-state index contributed by atoms with van der Waals surface area (Å²) in [6, 6.07) is 17.0. The van der Waals surface area contributed by atoms with Gasteiger partial charge in [-0.05, 0) is 49.4 Å². The van der Waals surface area contributed by atoms with E-state index in [2.05, 4.69) is 0 Å². The standard InChI is InChI=1S/C30H28F3N5O5S/c1-2-43-22-10-8-21(9-11-22)37-27(39)18-44-29(37)23-5-3-4-6-24(23)36(28(29)40)19-34-13-15-35(16-14-34)25-12-7-20(30(31,32)33)17-26(25)38(41)42/h3-12,17H,2,13-16,18-19H2,1H3/t29-/m0/s1. The van der Waals surface area contributed by atoms with Gasteiger partial charge in [-0.1, -0.05) is 18.2 Å². The number of thioether (sulfide) groups is 1. The number of nitro groups is 1. The lowest BCUT2D eigenvalue weighted by atomic mass is 10.0. The first-order valence-electron chi connectivity index (χ1n) is 14.0. The van der Waals surface area contributed by atoms with Crippen LogP contribution in [0.2, 0.25) is 0 Å². The summed E-state index contributed by atoms with van der Waals surface area (Å²) in [4.78, 5) is 44.2. The Hall–Kier alpha value is -4.30. The van der Waals surface area contributed by atoms with Gasteiger partial charge in [0.05, 0.1) is 35.2 Å². The first-order chi connectivity index (χ1) is 21.0. The van der Waals surface area contributed by atoms with Gasteiger partial charge in [0.2, 0.25) is 10.8 Å². The number of ether oxygens (including phenoxy) is 1. The molecule has 3 aromatic rings. The monoisotopic (exact) mass is 627 g/mol. The third kappa shape index (κ3) is 5.01. The number of carbonyl (C=O) groups is 2. The lowest BCUT2D eigenvalue weighted by molar-refractivity contribution is -0.384. The number of amides is 2. The van der Waals surface area contributed by atoms with E-state index in [4.69, 9.17) is 4.74 Å². The highest BCUT2D eigenvalue weighted by molar-refractivity contribution is 8.02. The molecule has 1 atom stereocenters. The summed E-state index contributed by atoms with van der Waals surface area (Å²) in [5.74, 6) is 0.358. The zero-order valence-corrected chi connectivity index (χ0v) is 24.4. The van der Waals surface area contributed by atoms with E-state index in [1.54, 1.807) is 39.0 Å². The Balaban J connectivity index is 1.23. The molecule has 2 fully saturated rings. The summed E-state index contributed by atoms with van der Waals surface area (Å²) in [6.07, 6.45) is -4.69. The van der Waals surface area contributed by atoms with Crippen LogP contribution in [0.15, 0.2) is 66.7 Å². The molecule has 3 aromatic carbocycles. The fourth-order valence-corrected chi connectivity index (χ4v) is 7.36. The highest BCUT2D eigenvalue weighted by Gasteiger charge is 2.61. The fraction of sp³-hybridized carbons (Fsp3) is 0.333. The maximum Gasteiger partial charge on any atom is 0.416 e. The lowest BCUT2D eigenvalue weighted by Crippen LogP contribution is -2.54. The third-order valence-electron chi connectivity index (χ3n) is 8.02. The van der Waals surface area contributed by atoms with Crippen molar-refractivity contribution in [3.63, 3.8) is 0 Å². The number of carbonyl (C=O) groups excluding carboxylic acids is 2. The average molecular weight is 628 g/mol. The molecule has 0 unspecified atom stereocenters. The molecular formula is C30H28F3N5O5S. The van der Waals surface area contributed by atoms with Crippen LogP contribution in [-0.2, 0) is 20.6 Å². The molecule has 2 amide bonds. The van der Waals surface area contributed by atoms with Gasteiger partial charge < -0.3 is 9.64 Å². The Morgan fingerprint density at radius 2 is 1.68 bits per heavy atom. The van der Waals surface area contributed by atoms with Crippen molar-refractivity contribution in [3.05, 3.63) is 88.0 Å². The Morgan fingerprint density at radius 1 is 0.977 bits per heavy atom. The second-order valence-corrected chi connectivity index (χ2v) is 11.7. The maximum absolute atomic E-state index is 14.4. The number of fused-ring (bicyclic) bond motifs is 2. The van der Waals surface area contributed by atoms with Crippen LogP contribution in [0.25, 0.3) is 0 Å². The minimum absolute atomic E-state index is 0.121.